The molecule has 5 aromatic rings. The van der Waals surface area contributed by atoms with E-state index in [9.17, 15) is 14.4 Å². The second-order valence-corrected chi connectivity index (χ2v) is 13.2. The van der Waals surface area contributed by atoms with Gasteiger partial charge < -0.3 is 16.0 Å². The van der Waals surface area contributed by atoms with Crippen LogP contribution in [0.4, 0.5) is 4.39 Å². The maximum absolute atomic E-state index is 14.5. The van der Waals surface area contributed by atoms with Gasteiger partial charge in [0.05, 0.1) is 48.3 Å². The molecule has 1 amide bonds. The van der Waals surface area contributed by atoms with Crippen LogP contribution >= 0.6 is 11.6 Å². The molecule has 0 spiro atoms. The van der Waals surface area contributed by atoms with Crippen molar-refractivity contribution in [3.63, 3.8) is 0 Å². The molecule has 13 heteroatoms. The van der Waals surface area contributed by atoms with Crippen molar-refractivity contribution < 1.29 is 13.7 Å². The van der Waals surface area contributed by atoms with E-state index in [1.54, 1.807) is 42.6 Å². The lowest BCUT2D eigenvalue weighted by Crippen LogP contribution is -2.67. The minimum Gasteiger partial charge on any atom is -0.341 e. The number of carbonyl (C=O) groups excluding carboxylic acids is 1. The highest BCUT2D eigenvalue weighted by Gasteiger charge is 2.49. The van der Waals surface area contributed by atoms with E-state index in [2.05, 4.69) is 31.9 Å². The zero-order chi connectivity index (χ0) is 34.0. The fourth-order valence-electron chi connectivity index (χ4n) is 7.25. The quantitative estimate of drug-likeness (QED) is 0.159. The summed E-state index contributed by atoms with van der Waals surface area (Å²) in [6.07, 6.45) is 8.82. The van der Waals surface area contributed by atoms with Crippen molar-refractivity contribution in [3.8, 4) is 23.0 Å². The molecule has 3 atom stereocenters. The first-order valence-corrected chi connectivity index (χ1v) is 16.6. The van der Waals surface area contributed by atoms with Crippen LogP contribution in [0.15, 0.2) is 85.3 Å². The molecule has 0 saturated carbocycles. The molecule has 2 aliphatic heterocycles. The number of hydrogen-bond acceptors (Lipinski definition) is 8. The smallest absolute Gasteiger partial charge is 0.338 e. The van der Waals surface area contributed by atoms with E-state index in [0.717, 1.165) is 35.5 Å². The van der Waals surface area contributed by atoms with Gasteiger partial charge in [-0.25, -0.2) is 14.2 Å². The Morgan fingerprint density at radius 1 is 1.10 bits per heavy atom. The zero-order valence-corrected chi connectivity index (χ0v) is 27.3. The summed E-state index contributed by atoms with van der Waals surface area (Å²) in [5, 5.41) is 25.0. The van der Waals surface area contributed by atoms with Crippen molar-refractivity contribution in [2.24, 2.45) is 5.73 Å². The van der Waals surface area contributed by atoms with Crippen molar-refractivity contribution in [1.29, 1.82) is 5.26 Å². The minimum atomic E-state index is -0.308. The number of halogens is 2. The molecule has 2 fully saturated rings. The molecule has 0 bridgehead atoms. The van der Waals surface area contributed by atoms with Crippen LogP contribution in [0.25, 0.3) is 23.0 Å². The Hall–Kier alpha value is -5.06. The maximum Gasteiger partial charge on any atom is 0.338 e. The highest BCUT2D eigenvalue weighted by atomic mass is 35.5. The van der Waals surface area contributed by atoms with Crippen molar-refractivity contribution in [3.05, 3.63) is 119 Å². The topological polar surface area (TPSA) is 151 Å². The van der Waals surface area contributed by atoms with E-state index in [1.165, 1.54) is 23.1 Å². The molecule has 11 nitrogen and oxygen atoms in total. The SMILES string of the molecule is N#Cc1ccc(-c2cnc(C3NCC([N+]4(C(=O)/C=C/c5cc(Cl)ccc5-n5cnnn5)CCC(N)CC4)CC3c3ccc(F)cc3)[nH]2)cc1. The van der Waals surface area contributed by atoms with E-state index < -0.39 is 0 Å². The van der Waals surface area contributed by atoms with Crippen LogP contribution in [0.3, 0.4) is 0 Å². The number of quaternary nitrogens is 1. The number of carbonyl (C=O) groups is 1. The van der Waals surface area contributed by atoms with Gasteiger partial charge >= 0.3 is 5.91 Å². The summed E-state index contributed by atoms with van der Waals surface area (Å²) >= 11 is 6.36. The predicted molar refractivity (Wildman–Crippen MR) is 182 cm³/mol. The van der Waals surface area contributed by atoms with Crippen LogP contribution in [-0.2, 0) is 4.79 Å². The van der Waals surface area contributed by atoms with Crippen LogP contribution in [0.2, 0.25) is 5.02 Å². The van der Waals surface area contributed by atoms with Gasteiger partial charge in [0, 0.05) is 54.4 Å². The van der Waals surface area contributed by atoms with E-state index in [1.807, 2.05) is 30.3 Å². The summed E-state index contributed by atoms with van der Waals surface area (Å²) in [4.78, 5) is 22.7. The monoisotopic (exact) mass is 677 g/mol. The first kappa shape index (κ1) is 32.5. The molecule has 2 saturated heterocycles. The Labute approximate surface area is 287 Å². The highest BCUT2D eigenvalue weighted by Crippen LogP contribution is 2.41. The third-order valence-corrected chi connectivity index (χ3v) is 10.2. The number of likely N-dealkylation sites (tertiary alicyclic amines) is 1. The number of nitrogens with two attached hydrogens (primary N) is 1. The number of tetrazole rings is 1. The van der Waals surface area contributed by atoms with Gasteiger partial charge in [0.25, 0.3) is 0 Å². The normalized spacial score (nSPS) is 24.1. The molecule has 3 aromatic carbocycles. The van der Waals surface area contributed by atoms with Crippen LogP contribution in [0.1, 0.15) is 53.7 Å². The number of benzene rings is 3. The number of rotatable bonds is 7. The molecule has 2 aliphatic rings. The molecule has 2 aromatic heterocycles. The number of amides is 1. The lowest BCUT2D eigenvalue weighted by atomic mass is 9.80. The molecule has 3 unspecified atom stereocenters. The fourth-order valence-corrected chi connectivity index (χ4v) is 7.43. The summed E-state index contributed by atoms with van der Waals surface area (Å²) in [5.74, 6) is 0.319. The number of aromatic amines is 1. The van der Waals surface area contributed by atoms with Gasteiger partial charge in [-0.05, 0) is 70.1 Å². The van der Waals surface area contributed by atoms with Crippen molar-refractivity contribution >= 4 is 23.6 Å². The van der Waals surface area contributed by atoms with E-state index in [-0.39, 0.29) is 40.3 Å². The predicted octanol–water partition coefficient (Wildman–Crippen LogP) is 5.08. The lowest BCUT2D eigenvalue weighted by molar-refractivity contribution is -0.882. The Bertz CT molecular complexity index is 1990. The summed E-state index contributed by atoms with van der Waals surface area (Å²) in [6.45, 7) is 1.78. The number of piperidine rings is 2. The van der Waals surface area contributed by atoms with Gasteiger partial charge in [-0.2, -0.15) is 9.94 Å². The molecule has 0 radical (unpaired) electrons. The number of nitrogens with one attached hydrogen (secondary N) is 2. The van der Waals surface area contributed by atoms with Crippen LogP contribution in [-0.4, -0.2) is 72.3 Å². The summed E-state index contributed by atoms with van der Waals surface area (Å²) in [5.41, 5.74) is 11.1. The minimum absolute atomic E-state index is 0.0150. The van der Waals surface area contributed by atoms with Gasteiger partial charge in [-0.15, -0.1) is 5.10 Å². The first-order chi connectivity index (χ1) is 23.8. The van der Waals surface area contributed by atoms with Gasteiger partial charge in [-0.3, -0.25) is 4.48 Å². The van der Waals surface area contributed by atoms with Gasteiger partial charge in [0.2, 0.25) is 0 Å². The fraction of sp³-hybridized carbons (Fsp3) is 0.278. The van der Waals surface area contributed by atoms with Crippen LogP contribution < -0.4 is 11.1 Å². The second-order valence-electron chi connectivity index (χ2n) is 12.8. The molecule has 0 aliphatic carbocycles. The average molecular weight is 678 g/mol. The first-order valence-electron chi connectivity index (χ1n) is 16.2. The summed E-state index contributed by atoms with van der Waals surface area (Å²) in [7, 11) is 0. The second kappa shape index (κ2) is 13.8. The van der Waals surface area contributed by atoms with Crippen molar-refractivity contribution in [2.75, 3.05) is 19.6 Å². The van der Waals surface area contributed by atoms with Gasteiger partial charge in [0.15, 0.2) is 0 Å². The highest BCUT2D eigenvalue weighted by molar-refractivity contribution is 6.30. The van der Waals surface area contributed by atoms with Crippen molar-refractivity contribution in [2.45, 2.75) is 43.3 Å². The molecular weight excluding hydrogens is 643 g/mol. The Kier molecular flexibility index (Phi) is 9.16. The summed E-state index contributed by atoms with van der Waals surface area (Å²) < 4.78 is 15.9. The van der Waals surface area contributed by atoms with E-state index in [4.69, 9.17) is 22.3 Å². The zero-order valence-electron chi connectivity index (χ0n) is 26.6. The molecule has 4 N–H and O–H groups in total. The lowest BCUT2D eigenvalue weighted by Gasteiger charge is -2.49. The number of H-pyrrole nitrogens is 1. The third kappa shape index (κ3) is 6.66. The maximum atomic E-state index is 14.5. The van der Waals surface area contributed by atoms with Crippen LogP contribution in [0, 0.1) is 17.1 Å². The molecular formula is C36H35ClFN10O+. The van der Waals surface area contributed by atoms with Crippen molar-refractivity contribution in [1.82, 2.24) is 35.5 Å². The third-order valence-electron chi connectivity index (χ3n) is 9.94. The molecule has 7 rings (SSSR count). The number of hydrogen-bond donors (Lipinski definition) is 3. The molecule has 248 valence electrons. The standard InChI is InChI=1S/C36H35ClFN10O/c37-27-8-11-33(47-22-43-45-46-47)26(17-27)7-12-34(49)48(15-13-29(40)14-16-48)30-18-31(24-5-9-28(38)10-6-24)35(41-20-30)36-42-21-32(44-36)25-3-1-23(19-39)2-4-25/h1-12,17,21-22,29-31,35,41H,13-16,18,20,40H2,(H,42,44)/q+1/b12-7+. The van der Waals surface area contributed by atoms with Crippen LogP contribution in [0.5, 0.6) is 0 Å². The number of imidazole rings is 1. The largest absolute Gasteiger partial charge is 0.341 e. The number of nitriles is 1. The van der Waals surface area contributed by atoms with E-state index in [0.29, 0.717) is 47.9 Å². The summed E-state index contributed by atoms with van der Waals surface area (Å²) in [6, 6.07) is 21.2. The number of aromatic nitrogens is 6. The Balaban J connectivity index is 1.20. The van der Waals surface area contributed by atoms with Gasteiger partial charge in [0.1, 0.15) is 24.0 Å². The van der Waals surface area contributed by atoms with E-state index >= 15 is 0 Å². The Morgan fingerprint density at radius 3 is 2.59 bits per heavy atom. The number of nitrogens with zero attached hydrogens (tertiary/aromatic N) is 7. The average Bonchev–Trinajstić information content (AvgIpc) is 3.85. The molecule has 49 heavy (non-hydrogen) atoms. The van der Waals surface area contributed by atoms with Gasteiger partial charge in [-0.1, -0.05) is 35.9 Å². The molecule has 4 heterocycles. The Morgan fingerprint density at radius 2 is 1.88 bits per heavy atom.